The lowest BCUT2D eigenvalue weighted by atomic mass is 9.97. The zero-order chi connectivity index (χ0) is 18.3. The molecule has 1 amide bonds. The number of nitrogens with one attached hydrogen (secondary N) is 1. The van der Waals surface area contributed by atoms with Crippen LogP contribution in [0.4, 0.5) is 5.69 Å². The second kappa shape index (κ2) is 6.16. The summed E-state index contributed by atoms with van der Waals surface area (Å²) < 4.78 is 11.3. The van der Waals surface area contributed by atoms with E-state index in [9.17, 15) is 4.79 Å². The monoisotopic (exact) mass is 350 g/mol. The van der Waals surface area contributed by atoms with E-state index in [0.717, 1.165) is 41.1 Å². The first-order valence-corrected chi connectivity index (χ1v) is 8.84. The molecule has 0 aliphatic carbocycles. The van der Waals surface area contributed by atoms with Gasteiger partial charge in [-0.3, -0.25) is 4.79 Å². The SMILES string of the molecule is CC(C)(C)c1nc2cc(NC(=O)Cc3ccc4c(c3)CCO4)ccc2o1. The fourth-order valence-electron chi connectivity index (χ4n) is 3.07. The van der Waals surface area contributed by atoms with E-state index in [1.54, 1.807) is 0 Å². The summed E-state index contributed by atoms with van der Waals surface area (Å²) in [6.07, 6.45) is 1.24. The molecule has 0 fully saturated rings. The molecule has 134 valence electrons. The summed E-state index contributed by atoms with van der Waals surface area (Å²) in [5.74, 6) is 1.57. The number of anilines is 1. The molecule has 0 saturated heterocycles. The largest absolute Gasteiger partial charge is 0.493 e. The Hall–Kier alpha value is -2.82. The van der Waals surface area contributed by atoms with Crippen LogP contribution in [0.3, 0.4) is 0 Å². The number of benzene rings is 2. The Morgan fingerprint density at radius 2 is 2.04 bits per heavy atom. The van der Waals surface area contributed by atoms with Gasteiger partial charge in [-0.25, -0.2) is 4.98 Å². The Kier molecular flexibility index (Phi) is 3.94. The van der Waals surface area contributed by atoms with Gasteiger partial charge in [0.25, 0.3) is 0 Å². The zero-order valence-corrected chi connectivity index (χ0v) is 15.3. The number of carbonyl (C=O) groups is 1. The Morgan fingerprint density at radius 3 is 2.85 bits per heavy atom. The molecule has 0 spiro atoms. The van der Waals surface area contributed by atoms with Gasteiger partial charge in [0.05, 0.1) is 13.0 Å². The lowest BCUT2D eigenvalue weighted by molar-refractivity contribution is -0.115. The minimum absolute atomic E-state index is 0.0530. The molecule has 1 aromatic heterocycles. The fourth-order valence-corrected chi connectivity index (χ4v) is 3.07. The van der Waals surface area contributed by atoms with Crippen molar-refractivity contribution in [1.82, 2.24) is 4.98 Å². The molecule has 0 saturated carbocycles. The number of oxazole rings is 1. The highest BCUT2D eigenvalue weighted by Crippen LogP contribution is 2.28. The van der Waals surface area contributed by atoms with Gasteiger partial charge in [0, 0.05) is 17.5 Å². The van der Waals surface area contributed by atoms with Crippen molar-refractivity contribution in [3.63, 3.8) is 0 Å². The molecule has 2 aromatic carbocycles. The van der Waals surface area contributed by atoms with Gasteiger partial charge < -0.3 is 14.5 Å². The van der Waals surface area contributed by atoms with E-state index < -0.39 is 0 Å². The molecule has 0 radical (unpaired) electrons. The van der Waals surface area contributed by atoms with Crippen LogP contribution in [0.15, 0.2) is 40.8 Å². The number of aromatic nitrogens is 1. The summed E-state index contributed by atoms with van der Waals surface area (Å²) in [7, 11) is 0. The number of nitrogens with zero attached hydrogens (tertiary/aromatic N) is 1. The van der Waals surface area contributed by atoms with Crippen molar-refractivity contribution in [3.05, 3.63) is 53.4 Å². The van der Waals surface area contributed by atoms with Crippen LogP contribution in [0, 0.1) is 0 Å². The normalized spacial score (nSPS) is 13.5. The average Bonchev–Trinajstić information content (AvgIpc) is 3.19. The highest BCUT2D eigenvalue weighted by atomic mass is 16.5. The van der Waals surface area contributed by atoms with Gasteiger partial charge in [-0.1, -0.05) is 32.9 Å². The van der Waals surface area contributed by atoms with Crippen LogP contribution in [-0.2, 0) is 23.1 Å². The lowest BCUT2D eigenvalue weighted by Crippen LogP contribution is -2.14. The van der Waals surface area contributed by atoms with E-state index >= 15 is 0 Å². The van der Waals surface area contributed by atoms with E-state index in [1.165, 1.54) is 5.56 Å². The summed E-state index contributed by atoms with van der Waals surface area (Å²) in [5, 5.41) is 2.95. The van der Waals surface area contributed by atoms with Crippen LogP contribution in [0.5, 0.6) is 5.75 Å². The van der Waals surface area contributed by atoms with E-state index in [2.05, 4.69) is 37.1 Å². The van der Waals surface area contributed by atoms with Crippen molar-refractivity contribution in [2.75, 3.05) is 11.9 Å². The van der Waals surface area contributed by atoms with Crippen LogP contribution in [0.1, 0.15) is 37.8 Å². The molecule has 3 aromatic rings. The van der Waals surface area contributed by atoms with E-state index in [0.29, 0.717) is 12.3 Å². The Labute approximate surface area is 152 Å². The van der Waals surface area contributed by atoms with Gasteiger partial charge in [0.2, 0.25) is 11.8 Å². The predicted molar refractivity (Wildman–Crippen MR) is 101 cm³/mol. The Balaban J connectivity index is 1.48. The van der Waals surface area contributed by atoms with Crippen LogP contribution in [0.25, 0.3) is 11.1 Å². The average molecular weight is 350 g/mol. The molecule has 0 bridgehead atoms. The topological polar surface area (TPSA) is 64.4 Å². The lowest BCUT2D eigenvalue weighted by Gasteiger charge is -2.11. The van der Waals surface area contributed by atoms with Gasteiger partial charge in [0.1, 0.15) is 11.3 Å². The fraction of sp³-hybridized carbons (Fsp3) is 0.333. The third-order valence-electron chi connectivity index (χ3n) is 4.43. The standard InChI is InChI=1S/C21H22N2O3/c1-21(2,3)20-23-16-12-15(5-7-18(16)26-20)22-19(24)11-13-4-6-17-14(10-13)8-9-25-17/h4-7,10,12H,8-9,11H2,1-3H3,(H,22,24). The van der Waals surface area contributed by atoms with Crippen molar-refractivity contribution in [2.24, 2.45) is 0 Å². The summed E-state index contributed by atoms with van der Waals surface area (Å²) in [5.41, 5.74) is 4.22. The third-order valence-corrected chi connectivity index (χ3v) is 4.43. The minimum Gasteiger partial charge on any atom is -0.493 e. The molecule has 1 aliphatic heterocycles. The maximum Gasteiger partial charge on any atom is 0.228 e. The van der Waals surface area contributed by atoms with Gasteiger partial charge in [-0.05, 0) is 35.4 Å². The van der Waals surface area contributed by atoms with E-state index in [1.807, 2.05) is 30.3 Å². The summed E-state index contributed by atoms with van der Waals surface area (Å²) >= 11 is 0. The number of rotatable bonds is 3. The molecule has 26 heavy (non-hydrogen) atoms. The first-order valence-electron chi connectivity index (χ1n) is 8.84. The molecule has 0 unspecified atom stereocenters. The minimum atomic E-state index is -0.153. The van der Waals surface area contributed by atoms with Crippen LogP contribution < -0.4 is 10.1 Å². The van der Waals surface area contributed by atoms with Crippen molar-refractivity contribution < 1.29 is 13.9 Å². The number of ether oxygens (including phenoxy) is 1. The first-order chi connectivity index (χ1) is 12.4. The third kappa shape index (κ3) is 3.29. The molecular weight excluding hydrogens is 328 g/mol. The summed E-state index contributed by atoms with van der Waals surface area (Å²) in [6.45, 7) is 6.89. The van der Waals surface area contributed by atoms with Crippen LogP contribution >= 0.6 is 0 Å². The number of hydrogen-bond donors (Lipinski definition) is 1. The van der Waals surface area contributed by atoms with Gasteiger partial charge in [-0.15, -0.1) is 0 Å². The molecule has 1 N–H and O–H groups in total. The summed E-state index contributed by atoms with van der Waals surface area (Å²) in [6, 6.07) is 11.5. The number of hydrogen-bond acceptors (Lipinski definition) is 4. The van der Waals surface area contributed by atoms with Crippen LogP contribution in [-0.4, -0.2) is 17.5 Å². The molecule has 0 atom stereocenters. The second-order valence-electron chi connectivity index (χ2n) is 7.72. The maximum absolute atomic E-state index is 12.4. The molecule has 5 heteroatoms. The summed E-state index contributed by atoms with van der Waals surface area (Å²) in [4.78, 5) is 16.9. The van der Waals surface area contributed by atoms with Crippen molar-refractivity contribution in [1.29, 1.82) is 0 Å². The van der Waals surface area contributed by atoms with E-state index in [4.69, 9.17) is 9.15 Å². The molecular formula is C21H22N2O3. The Morgan fingerprint density at radius 1 is 1.19 bits per heavy atom. The number of carbonyl (C=O) groups excluding carboxylic acids is 1. The molecule has 5 nitrogen and oxygen atoms in total. The highest BCUT2D eigenvalue weighted by Gasteiger charge is 2.21. The maximum atomic E-state index is 12.4. The van der Waals surface area contributed by atoms with Gasteiger partial charge in [-0.2, -0.15) is 0 Å². The highest BCUT2D eigenvalue weighted by molar-refractivity contribution is 5.94. The van der Waals surface area contributed by atoms with Gasteiger partial charge in [0.15, 0.2) is 5.58 Å². The van der Waals surface area contributed by atoms with Crippen molar-refractivity contribution in [3.8, 4) is 5.75 Å². The molecule has 1 aliphatic rings. The Bertz CT molecular complexity index is 983. The molecule has 4 rings (SSSR count). The number of fused-ring (bicyclic) bond motifs is 2. The predicted octanol–water partition coefficient (Wildman–Crippen LogP) is 4.24. The van der Waals surface area contributed by atoms with Crippen molar-refractivity contribution in [2.45, 2.75) is 39.0 Å². The smallest absolute Gasteiger partial charge is 0.228 e. The number of amides is 1. The van der Waals surface area contributed by atoms with Gasteiger partial charge >= 0.3 is 0 Å². The molecule has 2 heterocycles. The zero-order valence-electron chi connectivity index (χ0n) is 15.3. The van der Waals surface area contributed by atoms with E-state index in [-0.39, 0.29) is 11.3 Å². The van der Waals surface area contributed by atoms with Crippen LogP contribution in [0.2, 0.25) is 0 Å². The van der Waals surface area contributed by atoms with Crippen molar-refractivity contribution >= 4 is 22.7 Å². The first kappa shape index (κ1) is 16.6. The second-order valence-corrected chi connectivity index (χ2v) is 7.72. The quantitative estimate of drug-likeness (QED) is 0.767.